The average Bonchev–Trinajstić information content (AvgIpc) is 2.45. The van der Waals surface area contributed by atoms with Gasteiger partial charge >= 0.3 is 0 Å². The van der Waals surface area contributed by atoms with Crippen LogP contribution in [-0.2, 0) is 10.5 Å². The SMILES string of the molecule is CCCNc1c(CSCCCOC)cccc1[N+](=O)[O-]. The van der Waals surface area contributed by atoms with E-state index in [2.05, 4.69) is 5.32 Å². The van der Waals surface area contributed by atoms with Crippen molar-refractivity contribution in [3.05, 3.63) is 33.9 Å². The summed E-state index contributed by atoms with van der Waals surface area (Å²) in [4.78, 5) is 10.8. The Morgan fingerprint density at radius 3 is 2.90 bits per heavy atom. The van der Waals surface area contributed by atoms with Crippen molar-refractivity contribution in [3.63, 3.8) is 0 Å². The van der Waals surface area contributed by atoms with Crippen molar-refractivity contribution in [1.29, 1.82) is 0 Å². The molecule has 1 rings (SSSR count). The van der Waals surface area contributed by atoms with E-state index in [1.165, 1.54) is 0 Å². The molecule has 0 unspecified atom stereocenters. The summed E-state index contributed by atoms with van der Waals surface area (Å²) in [6.45, 7) is 3.54. The number of anilines is 1. The molecule has 5 nitrogen and oxygen atoms in total. The Hall–Kier alpha value is -1.27. The van der Waals surface area contributed by atoms with Crippen LogP contribution in [0.1, 0.15) is 25.3 Å². The zero-order chi connectivity index (χ0) is 14.8. The van der Waals surface area contributed by atoms with E-state index in [1.807, 2.05) is 13.0 Å². The van der Waals surface area contributed by atoms with E-state index in [0.717, 1.165) is 43.1 Å². The van der Waals surface area contributed by atoms with Crippen molar-refractivity contribution in [2.45, 2.75) is 25.5 Å². The summed E-state index contributed by atoms with van der Waals surface area (Å²) in [5.74, 6) is 1.77. The number of nitrogens with one attached hydrogen (secondary N) is 1. The predicted octanol–water partition coefficient (Wildman–Crippen LogP) is 3.69. The van der Waals surface area contributed by atoms with Crippen molar-refractivity contribution < 1.29 is 9.66 Å². The molecule has 0 radical (unpaired) electrons. The normalized spacial score (nSPS) is 10.5. The number of para-hydroxylation sites is 1. The summed E-state index contributed by atoms with van der Waals surface area (Å²) in [5.41, 5.74) is 1.82. The van der Waals surface area contributed by atoms with Crippen LogP contribution in [0.15, 0.2) is 18.2 Å². The predicted molar refractivity (Wildman–Crippen MR) is 84.5 cm³/mol. The Kier molecular flexibility index (Phi) is 8.06. The van der Waals surface area contributed by atoms with Crippen molar-refractivity contribution >= 4 is 23.1 Å². The van der Waals surface area contributed by atoms with E-state index >= 15 is 0 Å². The molecule has 0 aliphatic rings. The smallest absolute Gasteiger partial charge is 0.292 e. The van der Waals surface area contributed by atoms with Crippen LogP contribution in [-0.4, -0.2) is 30.9 Å². The third-order valence-corrected chi connectivity index (χ3v) is 3.86. The number of ether oxygens (including phenoxy) is 1. The number of hydrogen-bond donors (Lipinski definition) is 1. The van der Waals surface area contributed by atoms with E-state index in [4.69, 9.17) is 4.74 Å². The molecule has 0 saturated heterocycles. The summed E-state index contributed by atoms with van der Waals surface area (Å²) < 4.78 is 5.01. The molecule has 1 aromatic rings. The first-order chi connectivity index (χ1) is 9.70. The molecular weight excluding hydrogens is 276 g/mol. The minimum atomic E-state index is -0.322. The number of nitro groups is 1. The summed E-state index contributed by atoms with van der Waals surface area (Å²) in [5, 5.41) is 14.3. The zero-order valence-electron chi connectivity index (χ0n) is 12.1. The Bertz CT molecular complexity index is 427. The first-order valence-corrected chi connectivity index (χ1v) is 7.93. The molecule has 0 amide bonds. The fourth-order valence-corrected chi connectivity index (χ4v) is 2.73. The van der Waals surface area contributed by atoms with Gasteiger partial charge in [-0.25, -0.2) is 0 Å². The van der Waals surface area contributed by atoms with Crippen molar-refractivity contribution in [2.24, 2.45) is 0 Å². The quantitative estimate of drug-likeness (QED) is 0.405. The van der Waals surface area contributed by atoms with Crippen LogP contribution >= 0.6 is 11.8 Å². The highest BCUT2D eigenvalue weighted by atomic mass is 32.2. The van der Waals surface area contributed by atoms with Gasteiger partial charge in [0.15, 0.2) is 0 Å². The van der Waals surface area contributed by atoms with Crippen molar-refractivity contribution in [2.75, 3.05) is 31.3 Å². The molecule has 0 heterocycles. The summed E-state index contributed by atoms with van der Waals surface area (Å²) in [7, 11) is 1.69. The molecule has 0 aromatic heterocycles. The van der Waals surface area contributed by atoms with Gasteiger partial charge in [0.25, 0.3) is 5.69 Å². The number of nitrogens with zero attached hydrogens (tertiary/aromatic N) is 1. The third kappa shape index (κ3) is 5.38. The highest BCUT2D eigenvalue weighted by molar-refractivity contribution is 7.98. The summed E-state index contributed by atoms with van der Waals surface area (Å²) >= 11 is 1.77. The standard InChI is InChI=1S/C14H22N2O3S/c1-3-8-15-14-12(11-20-10-5-9-19-2)6-4-7-13(14)16(17)18/h4,6-7,15H,3,5,8-11H2,1-2H3. The largest absolute Gasteiger partial charge is 0.385 e. The van der Waals surface area contributed by atoms with Crippen LogP contribution in [0.5, 0.6) is 0 Å². The van der Waals surface area contributed by atoms with E-state index in [-0.39, 0.29) is 10.6 Å². The van der Waals surface area contributed by atoms with Gasteiger partial charge in [0, 0.05) is 32.1 Å². The van der Waals surface area contributed by atoms with E-state index in [1.54, 1.807) is 31.0 Å². The van der Waals surface area contributed by atoms with Crippen LogP contribution < -0.4 is 5.32 Å². The molecule has 112 valence electrons. The van der Waals surface area contributed by atoms with Gasteiger partial charge < -0.3 is 10.1 Å². The van der Waals surface area contributed by atoms with Crippen LogP contribution in [0.25, 0.3) is 0 Å². The van der Waals surface area contributed by atoms with Crippen LogP contribution in [0.4, 0.5) is 11.4 Å². The van der Waals surface area contributed by atoms with Gasteiger partial charge in [0.1, 0.15) is 5.69 Å². The molecule has 0 bridgehead atoms. The summed E-state index contributed by atoms with van der Waals surface area (Å²) in [6.07, 6.45) is 1.93. The molecule has 20 heavy (non-hydrogen) atoms. The average molecular weight is 298 g/mol. The molecule has 1 aromatic carbocycles. The fraction of sp³-hybridized carbons (Fsp3) is 0.571. The number of rotatable bonds is 10. The maximum atomic E-state index is 11.1. The van der Waals surface area contributed by atoms with E-state index < -0.39 is 0 Å². The molecule has 0 fully saturated rings. The highest BCUT2D eigenvalue weighted by Gasteiger charge is 2.16. The van der Waals surface area contributed by atoms with Crippen molar-refractivity contribution in [3.8, 4) is 0 Å². The van der Waals surface area contributed by atoms with Gasteiger partial charge in [0.2, 0.25) is 0 Å². The lowest BCUT2D eigenvalue weighted by molar-refractivity contribution is -0.384. The Morgan fingerprint density at radius 1 is 1.45 bits per heavy atom. The van der Waals surface area contributed by atoms with Crippen LogP contribution in [0.2, 0.25) is 0 Å². The Morgan fingerprint density at radius 2 is 2.25 bits per heavy atom. The Labute approximate surface area is 124 Å². The van der Waals surface area contributed by atoms with Gasteiger partial charge in [-0.2, -0.15) is 11.8 Å². The first kappa shape index (κ1) is 16.8. The fourth-order valence-electron chi connectivity index (χ4n) is 1.80. The molecule has 0 aliphatic carbocycles. The van der Waals surface area contributed by atoms with E-state index in [0.29, 0.717) is 5.69 Å². The monoisotopic (exact) mass is 298 g/mol. The molecule has 6 heteroatoms. The second-order valence-electron chi connectivity index (χ2n) is 4.39. The molecular formula is C14H22N2O3S. The number of methoxy groups -OCH3 is 1. The number of benzene rings is 1. The van der Waals surface area contributed by atoms with Gasteiger partial charge in [-0.05, 0) is 24.2 Å². The second kappa shape index (κ2) is 9.61. The number of hydrogen-bond acceptors (Lipinski definition) is 5. The lowest BCUT2D eigenvalue weighted by Crippen LogP contribution is -2.06. The van der Waals surface area contributed by atoms with Gasteiger partial charge in [0.05, 0.1) is 4.92 Å². The van der Waals surface area contributed by atoms with Gasteiger partial charge in [-0.3, -0.25) is 10.1 Å². The molecule has 1 N–H and O–H groups in total. The third-order valence-electron chi connectivity index (χ3n) is 2.77. The minimum Gasteiger partial charge on any atom is -0.385 e. The highest BCUT2D eigenvalue weighted by Crippen LogP contribution is 2.31. The Balaban J connectivity index is 2.72. The van der Waals surface area contributed by atoms with E-state index in [9.17, 15) is 10.1 Å². The topological polar surface area (TPSA) is 64.4 Å². The lowest BCUT2D eigenvalue weighted by Gasteiger charge is -2.11. The first-order valence-electron chi connectivity index (χ1n) is 6.77. The van der Waals surface area contributed by atoms with Gasteiger partial charge in [-0.15, -0.1) is 0 Å². The molecule has 0 spiro atoms. The number of nitro benzene ring substituents is 1. The van der Waals surface area contributed by atoms with Gasteiger partial charge in [-0.1, -0.05) is 19.1 Å². The summed E-state index contributed by atoms with van der Waals surface area (Å²) in [6, 6.07) is 5.26. The molecule has 0 aliphatic heterocycles. The second-order valence-corrected chi connectivity index (χ2v) is 5.50. The maximum absolute atomic E-state index is 11.1. The molecule has 0 saturated carbocycles. The van der Waals surface area contributed by atoms with Crippen LogP contribution in [0, 0.1) is 10.1 Å². The maximum Gasteiger partial charge on any atom is 0.292 e. The van der Waals surface area contributed by atoms with Crippen molar-refractivity contribution in [1.82, 2.24) is 0 Å². The molecule has 0 atom stereocenters. The minimum absolute atomic E-state index is 0.161. The lowest BCUT2D eigenvalue weighted by atomic mass is 10.1. The number of thioether (sulfide) groups is 1. The zero-order valence-corrected chi connectivity index (χ0v) is 12.9. The van der Waals surface area contributed by atoms with Crippen LogP contribution in [0.3, 0.4) is 0 Å².